The summed E-state index contributed by atoms with van der Waals surface area (Å²) in [6.45, 7) is 3.95. The molecule has 2 heterocycles. The summed E-state index contributed by atoms with van der Waals surface area (Å²) in [5, 5.41) is 0. The van der Waals surface area contributed by atoms with E-state index in [1.807, 2.05) is 18.2 Å². The van der Waals surface area contributed by atoms with E-state index in [9.17, 15) is 12.6 Å². The molecule has 1 aromatic rings. The Morgan fingerprint density at radius 3 is 2.27 bits per heavy atom. The highest BCUT2D eigenvalue weighted by atomic mass is 32.3. The second-order valence-corrected chi connectivity index (χ2v) is 9.97. The summed E-state index contributed by atoms with van der Waals surface area (Å²) >= 11 is 0. The normalized spacial score (nSPS) is 19.8. The Kier molecular flexibility index (Phi) is 5.21. The average molecular weight is 346 g/mol. The first-order chi connectivity index (χ1) is 10.2. The molecule has 1 fully saturated rings. The molecule has 7 nitrogen and oxygen atoms in total. The number of nitrogens with zero attached hydrogens (tertiary/aromatic N) is 4. The van der Waals surface area contributed by atoms with Gasteiger partial charge in [0, 0.05) is 50.9 Å². The third-order valence-electron chi connectivity index (χ3n) is 3.54. The van der Waals surface area contributed by atoms with Crippen LogP contribution in [-0.4, -0.2) is 65.5 Å². The van der Waals surface area contributed by atoms with Crippen molar-refractivity contribution in [3.05, 3.63) is 30.1 Å². The van der Waals surface area contributed by atoms with Gasteiger partial charge in [0.25, 0.3) is 0 Å². The summed E-state index contributed by atoms with van der Waals surface area (Å²) in [7, 11) is -6.50. The highest BCUT2D eigenvalue weighted by Gasteiger charge is 2.29. The molecule has 9 heteroatoms. The fourth-order valence-corrected chi connectivity index (χ4v) is 5.22. The Bertz CT molecular complexity index is 711. The summed E-state index contributed by atoms with van der Waals surface area (Å²) in [5.74, 6) is 0. The smallest absolute Gasteiger partial charge is 0.292 e. The third kappa shape index (κ3) is 4.48. The summed E-state index contributed by atoms with van der Waals surface area (Å²) < 4.78 is 40.6. The van der Waals surface area contributed by atoms with Crippen LogP contribution in [0, 0.1) is 0 Å². The Morgan fingerprint density at radius 2 is 1.77 bits per heavy atom. The van der Waals surface area contributed by atoms with Crippen molar-refractivity contribution in [1.29, 1.82) is 0 Å². The van der Waals surface area contributed by atoms with Crippen molar-refractivity contribution in [3.63, 3.8) is 0 Å². The van der Waals surface area contributed by atoms with Crippen LogP contribution in [0.25, 0.3) is 0 Å². The molecule has 0 N–H and O–H groups in total. The van der Waals surface area contributed by atoms with E-state index in [1.165, 1.54) is 16.8 Å². The predicted octanol–water partition coefficient (Wildman–Crippen LogP) is 0.733. The molecule has 22 heavy (non-hydrogen) atoms. The van der Waals surface area contributed by atoms with Gasteiger partial charge in [-0.15, -0.1) is 0 Å². The Morgan fingerprint density at radius 1 is 1.14 bits per heavy atom. The van der Waals surface area contributed by atoms with Crippen molar-refractivity contribution >= 4 is 19.9 Å². The monoisotopic (exact) mass is 346 g/mol. The van der Waals surface area contributed by atoms with Crippen LogP contribution in [0.15, 0.2) is 28.2 Å². The van der Waals surface area contributed by atoms with Gasteiger partial charge in [0.2, 0.25) is 0 Å². The average Bonchev–Trinajstić information content (AvgIpc) is 2.45. The van der Waals surface area contributed by atoms with Gasteiger partial charge in [0.05, 0.1) is 15.4 Å². The van der Waals surface area contributed by atoms with Crippen molar-refractivity contribution in [2.75, 3.05) is 38.7 Å². The summed E-state index contributed by atoms with van der Waals surface area (Å²) in [6, 6.07) is 5.91. The van der Waals surface area contributed by atoms with Crippen LogP contribution in [0.5, 0.6) is 0 Å². The van der Waals surface area contributed by atoms with Gasteiger partial charge in [0.15, 0.2) is 0 Å². The van der Waals surface area contributed by atoms with Gasteiger partial charge in [-0.2, -0.15) is 12.7 Å². The first kappa shape index (κ1) is 17.3. The Balaban J connectivity index is 2.04. The molecule has 1 atom stereocenters. The highest BCUT2D eigenvalue weighted by Crippen LogP contribution is 2.20. The second kappa shape index (κ2) is 6.61. The van der Waals surface area contributed by atoms with Crippen molar-refractivity contribution in [2.24, 2.45) is 3.77 Å². The molecule has 2 rings (SSSR count). The minimum atomic E-state index is -3.81. The molecular weight excluding hydrogens is 324 g/mol. The van der Waals surface area contributed by atoms with E-state index in [0.29, 0.717) is 26.2 Å². The van der Waals surface area contributed by atoms with Crippen LogP contribution in [0.4, 0.5) is 0 Å². The minimum Gasteiger partial charge on any atom is -0.292 e. The molecule has 0 radical (unpaired) electrons. The summed E-state index contributed by atoms with van der Waals surface area (Å²) in [5.41, 5.74) is 0.966. The predicted molar refractivity (Wildman–Crippen MR) is 87.1 cm³/mol. The first-order valence-electron chi connectivity index (χ1n) is 7.02. The molecule has 0 unspecified atom stereocenters. The minimum absolute atomic E-state index is 0.129. The molecule has 124 valence electrons. The van der Waals surface area contributed by atoms with Gasteiger partial charge < -0.3 is 0 Å². The van der Waals surface area contributed by atoms with Crippen LogP contribution in [0.1, 0.15) is 18.7 Å². The molecular formula is C13H22N4O3S2. The molecule has 0 bridgehead atoms. The van der Waals surface area contributed by atoms with E-state index in [2.05, 4.69) is 20.6 Å². The SMILES string of the molecule is C[C@@H](c1ccccn1)N1CCN(S(=O)(=O)N=S(C)(C)=O)CC1. The number of pyridine rings is 1. The molecule has 0 aromatic carbocycles. The zero-order valence-electron chi connectivity index (χ0n) is 13.0. The van der Waals surface area contributed by atoms with Gasteiger partial charge in [-0.05, 0) is 19.1 Å². The maximum Gasteiger partial charge on any atom is 0.330 e. The van der Waals surface area contributed by atoms with Gasteiger partial charge in [-0.3, -0.25) is 9.88 Å². The number of piperazine rings is 1. The van der Waals surface area contributed by atoms with E-state index in [1.54, 1.807) is 6.20 Å². The summed E-state index contributed by atoms with van der Waals surface area (Å²) in [4.78, 5) is 6.52. The first-order valence-corrected chi connectivity index (χ1v) is 10.8. The Labute approximate surface area is 132 Å². The van der Waals surface area contributed by atoms with Crippen molar-refractivity contribution < 1.29 is 12.6 Å². The zero-order chi connectivity index (χ0) is 16.4. The van der Waals surface area contributed by atoms with E-state index in [-0.39, 0.29) is 6.04 Å². The van der Waals surface area contributed by atoms with Crippen LogP contribution >= 0.6 is 0 Å². The van der Waals surface area contributed by atoms with E-state index in [0.717, 1.165) is 5.69 Å². The van der Waals surface area contributed by atoms with Crippen LogP contribution in [-0.2, 0) is 19.9 Å². The lowest BCUT2D eigenvalue weighted by molar-refractivity contribution is 0.143. The van der Waals surface area contributed by atoms with Crippen LogP contribution in [0.2, 0.25) is 0 Å². The van der Waals surface area contributed by atoms with Crippen molar-refractivity contribution in [3.8, 4) is 0 Å². The molecule has 0 saturated carbocycles. The standard InChI is InChI=1S/C13H22N4O3S2/c1-12(13-6-4-5-7-14-13)16-8-10-17(11-9-16)22(19,20)15-21(2,3)18/h4-7,12H,8-11H2,1-3H3/t12-/m0/s1. The lowest BCUT2D eigenvalue weighted by Gasteiger charge is -2.36. The number of hydrogen-bond donors (Lipinski definition) is 0. The topological polar surface area (TPSA) is 82.9 Å². The van der Waals surface area contributed by atoms with Gasteiger partial charge in [-0.1, -0.05) is 9.83 Å². The highest BCUT2D eigenvalue weighted by molar-refractivity contribution is 8.01. The third-order valence-corrected chi connectivity index (χ3v) is 6.74. The summed E-state index contributed by atoms with van der Waals surface area (Å²) in [6.07, 6.45) is 4.40. The molecule has 1 aromatic heterocycles. The van der Waals surface area contributed by atoms with E-state index < -0.39 is 19.9 Å². The lowest BCUT2D eigenvalue weighted by Crippen LogP contribution is -2.48. The van der Waals surface area contributed by atoms with E-state index >= 15 is 0 Å². The molecule has 1 saturated heterocycles. The number of rotatable bonds is 4. The number of hydrogen-bond acceptors (Lipinski definition) is 5. The largest absolute Gasteiger partial charge is 0.330 e. The van der Waals surface area contributed by atoms with Crippen LogP contribution < -0.4 is 0 Å². The maximum absolute atomic E-state index is 12.1. The molecule has 1 aliphatic heterocycles. The van der Waals surface area contributed by atoms with Crippen molar-refractivity contribution in [1.82, 2.24) is 14.2 Å². The van der Waals surface area contributed by atoms with Gasteiger partial charge >= 0.3 is 10.2 Å². The Hall–Kier alpha value is -1.03. The maximum atomic E-state index is 12.1. The zero-order valence-corrected chi connectivity index (χ0v) is 14.7. The van der Waals surface area contributed by atoms with E-state index in [4.69, 9.17) is 0 Å². The van der Waals surface area contributed by atoms with Crippen molar-refractivity contribution in [2.45, 2.75) is 13.0 Å². The van der Waals surface area contributed by atoms with Gasteiger partial charge in [-0.25, -0.2) is 4.21 Å². The quantitative estimate of drug-likeness (QED) is 0.803. The van der Waals surface area contributed by atoms with Crippen LogP contribution in [0.3, 0.4) is 0 Å². The molecule has 0 amide bonds. The lowest BCUT2D eigenvalue weighted by atomic mass is 10.1. The molecule has 0 aliphatic carbocycles. The fraction of sp³-hybridized carbons (Fsp3) is 0.615. The second-order valence-electron chi connectivity index (χ2n) is 5.60. The fourth-order valence-electron chi connectivity index (χ4n) is 2.41. The molecule has 0 spiro atoms. The van der Waals surface area contributed by atoms with Gasteiger partial charge in [0.1, 0.15) is 0 Å². The molecule has 1 aliphatic rings. The number of aromatic nitrogens is 1.